The molecule has 0 aliphatic carbocycles. The van der Waals surface area contributed by atoms with Gasteiger partial charge in [0, 0.05) is 6.54 Å². The number of aromatic nitrogens is 4. The van der Waals surface area contributed by atoms with Gasteiger partial charge in [-0.15, -0.1) is 10.2 Å². The fourth-order valence-electron chi connectivity index (χ4n) is 1.45. The van der Waals surface area contributed by atoms with E-state index < -0.39 is 6.10 Å². The van der Waals surface area contributed by atoms with E-state index in [1.807, 2.05) is 13.8 Å². The SMILES string of the molecule is CC(C)C(O)CNC(=O)Cn1nnc(-c2ccco2)n1. The maximum Gasteiger partial charge on any atom is 0.243 e. The Morgan fingerprint density at radius 3 is 3.00 bits per heavy atom. The predicted octanol–water partition coefficient (Wildman–Crippen LogP) is 0.0662. The number of furan rings is 1. The van der Waals surface area contributed by atoms with E-state index >= 15 is 0 Å². The molecule has 108 valence electrons. The molecule has 0 spiro atoms. The number of nitrogens with zero attached hydrogens (tertiary/aromatic N) is 4. The second-order valence-corrected chi connectivity index (χ2v) is 4.74. The molecule has 1 unspecified atom stereocenters. The summed E-state index contributed by atoms with van der Waals surface area (Å²) < 4.78 is 5.13. The first-order chi connectivity index (χ1) is 9.56. The van der Waals surface area contributed by atoms with Gasteiger partial charge in [-0.1, -0.05) is 13.8 Å². The molecule has 0 saturated heterocycles. The van der Waals surface area contributed by atoms with Crippen molar-refractivity contribution in [2.24, 2.45) is 5.92 Å². The van der Waals surface area contributed by atoms with E-state index in [9.17, 15) is 9.90 Å². The normalized spacial score (nSPS) is 12.6. The summed E-state index contributed by atoms with van der Waals surface area (Å²) in [6, 6.07) is 3.43. The summed E-state index contributed by atoms with van der Waals surface area (Å²) in [7, 11) is 0. The number of hydrogen-bond donors (Lipinski definition) is 2. The van der Waals surface area contributed by atoms with E-state index in [1.165, 1.54) is 11.1 Å². The molecule has 1 amide bonds. The lowest BCUT2D eigenvalue weighted by atomic mass is 10.1. The summed E-state index contributed by atoms with van der Waals surface area (Å²) in [6.45, 7) is 3.91. The molecule has 0 aromatic carbocycles. The molecule has 0 saturated carbocycles. The van der Waals surface area contributed by atoms with Crippen molar-refractivity contribution in [3.63, 3.8) is 0 Å². The van der Waals surface area contributed by atoms with Crippen molar-refractivity contribution in [1.82, 2.24) is 25.5 Å². The van der Waals surface area contributed by atoms with E-state index in [-0.39, 0.29) is 24.9 Å². The number of aliphatic hydroxyl groups is 1. The lowest BCUT2D eigenvalue weighted by Gasteiger charge is -2.14. The van der Waals surface area contributed by atoms with Crippen LogP contribution in [0.15, 0.2) is 22.8 Å². The number of rotatable bonds is 6. The number of amides is 1. The molecule has 0 bridgehead atoms. The molecule has 20 heavy (non-hydrogen) atoms. The summed E-state index contributed by atoms with van der Waals surface area (Å²) in [5.41, 5.74) is 0. The molecule has 0 fully saturated rings. The standard InChI is InChI=1S/C12H17N5O3/c1-8(2)9(18)6-13-11(19)7-17-15-12(14-16-17)10-4-3-5-20-10/h3-5,8-9,18H,6-7H2,1-2H3,(H,13,19). The highest BCUT2D eigenvalue weighted by molar-refractivity contribution is 5.75. The molecule has 0 aliphatic heterocycles. The highest BCUT2D eigenvalue weighted by Crippen LogP contribution is 2.12. The second kappa shape index (κ2) is 6.29. The summed E-state index contributed by atoms with van der Waals surface area (Å²) in [6.07, 6.45) is 0.942. The van der Waals surface area contributed by atoms with Crippen LogP contribution in [0.5, 0.6) is 0 Å². The summed E-state index contributed by atoms with van der Waals surface area (Å²) in [5, 5.41) is 23.8. The van der Waals surface area contributed by atoms with Gasteiger partial charge in [-0.2, -0.15) is 4.80 Å². The van der Waals surface area contributed by atoms with Gasteiger partial charge in [-0.3, -0.25) is 4.79 Å². The van der Waals surface area contributed by atoms with Crippen LogP contribution in [0, 0.1) is 5.92 Å². The zero-order chi connectivity index (χ0) is 14.5. The monoisotopic (exact) mass is 279 g/mol. The second-order valence-electron chi connectivity index (χ2n) is 4.74. The zero-order valence-electron chi connectivity index (χ0n) is 11.4. The van der Waals surface area contributed by atoms with Crippen molar-refractivity contribution in [2.45, 2.75) is 26.5 Å². The third-order valence-corrected chi connectivity index (χ3v) is 2.76. The Morgan fingerprint density at radius 2 is 2.35 bits per heavy atom. The van der Waals surface area contributed by atoms with E-state index in [0.29, 0.717) is 11.6 Å². The molecular formula is C12H17N5O3. The minimum Gasteiger partial charge on any atom is -0.461 e. The van der Waals surface area contributed by atoms with Crippen LogP contribution >= 0.6 is 0 Å². The first-order valence-corrected chi connectivity index (χ1v) is 6.32. The minimum atomic E-state index is -0.568. The molecule has 2 heterocycles. The Kier molecular flexibility index (Phi) is 4.46. The average molecular weight is 279 g/mol. The molecule has 1 atom stereocenters. The Balaban J connectivity index is 1.86. The van der Waals surface area contributed by atoms with Crippen molar-refractivity contribution in [3.8, 4) is 11.6 Å². The first kappa shape index (κ1) is 14.2. The molecule has 2 N–H and O–H groups in total. The topological polar surface area (TPSA) is 106 Å². The van der Waals surface area contributed by atoms with Gasteiger partial charge in [0.25, 0.3) is 0 Å². The van der Waals surface area contributed by atoms with Gasteiger partial charge >= 0.3 is 0 Å². The van der Waals surface area contributed by atoms with E-state index in [0.717, 1.165) is 0 Å². The number of nitrogens with one attached hydrogen (secondary N) is 1. The average Bonchev–Trinajstić information content (AvgIpc) is 3.05. The van der Waals surface area contributed by atoms with Gasteiger partial charge in [0.1, 0.15) is 6.54 Å². The third-order valence-electron chi connectivity index (χ3n) is 2.76. The molecule has 0 aliphatic rings. The third kappa shape index (κ3) is 3.64. The van der Waals surface area contributed by atoms with Crippen molar-refractivity contribution < 1.29 is 14.3 Å². The number of carbonyl (C=O) groups excluding carboxylic acids is 1. The first-order valence-electron chi connectivity index (χ1n) is 6.32. The zero-order valence-corrected chi connectivity index (χ0v) is 11.4. The van der Waals surface area contributed by atoms with Gasteiger partial charge in [0.15, 0.2) is 5.76 Å². The molecule has 2 rings (SSSR count). The van der Waals surface area contributed by atoms with E-state index in [2.05, 4.69) is 20.7 Å². The lowest BCUT2D eigenvalue weighted by Crippen LogP contribution is -2.36. The Labute approximate surface area is 115 Å². The molecular weight excluding hydrogens is 262 g/mol. The highest BCUT2D eigenvalue weighted by atomic mass is 16.3. The molecule has 2 aromatic heterocycles. The molecule has 2 aromatic rings. The van der Waals surface area contributed by atoms with Crippen LogP contribution < -0.4 is 5.32 Å². The maximum atomic E-state index is 11.7. The van der Waals surface area contributed by atoms with Gasteiger partial charge in [0.2, 0.25) is 11.7 Å². The quantitative estimate of drug-likeness (QED) is 0.775. The van der Waals surface area contributed by atoms with Crippen LogP contribution in [0.1, 0.15) is 13.8 Å². The minimum absolute atomic E-state index is 0.0570. The van der Waals surface area contributed by atoms with Crippen LogP contribution in [0.2, 0.25) is 0 Å². The van der Waals surface area contributed by atoms with Crippen LogP contribution in [-0.2, 0) is 11.3 Å². The van der Waals surface area contributed by atoms with Crippen molar-refractivity contribution in [2.75, 3.05) is 6.54 Å². The van der Waals surface area contributed by atoms with Crippen molar-refractivity contribution in [3.05, 3.63) is 18.4 Å². The van der Waals surface area contributed by atoms with Crippen LogP contribution in [0.3, 0.4) is 0 Å². The van der Waals surface area contributed by atoms with Gasteiger partial charge in [-0.25, -0.2) is 0 Å². The van der Waals surface area contributed by atoms with Crippen molar-refractivity contribution in [1.29, 1.82) is 0 Å². The van der Waals surface area contributed by atoms with Gasteiger partial charge in [0.05, 0.1) is 12.4 Å². The van der Waals surface area contributed by atoms with Crippen LogP contribution in [0.4, 0.5) is 0 Å². The highest BCUT2D eigenvalue weighted by Gasteiger charge is 2.13. The Hall–Kier alpha value is -2.22. The van der Waals surface area contributed by atoms with Crippen molar-refractivity contribution >= 4 is 5.91 Å². The molecule has 8 nitrogen and oxygen atoms in total. The van der Waals surface area contributed by atoms with E-state index in [4.69, 9.17) is 4.42 Å². The molecule has 8 heteroatoms. The lowest BCUT2D eigenvalue weighted by molar-refractivity contribution is -0.122. The van der Waals surface area contributed by atoms with Crippen LogP contribution in [0.25, 0.3) is 11.6 Å². The summed E-state index contributed by atoms with van der Waals surface area (Å²) >= 11 is 0. The van der Waals surface area contributed by atoms with Gasteiger partial charge in [-0.05, 0) is 23.3 Å². The largest absolute Gasteiger partial charge is 0.461 e. The number of carbonyl (C=O) groups is 1. The van der Waals surface area contributed by atoms with Crippen LogP contribution in [-0.4, -0.2) is 43.9 Å². The maximum absolute atomic E-state index is 11.7. The number of hydrogen-bond acceptors (Lipinski definition) is 6. The fourth-order valence-corrected chi connectivity index (χ4v) is 1.45. The Morgan fingerprint density at radius 1 is 1.55 bits per heavy atom. The Bertz CT molecular complexity index is 549. The smallest absolute Gasteiger partial charge is 0.243 e. The number of aliphatic hydroxyl groups excluding tert-OH is 1. The number of tetrazole rings is 1. The molecule has 0 radical (unpaired) electrons. The van der Waals surface area contributed by atoms with E-state index in [1.54, 1.807) is 12.1 Å². The van der Waals surface area contributed by atoms with Gasteiger partial charge < -0.3 is 14.8 Å². The summed E-state index contributed by atoms with van der Waals surface area (Å²) in [5.74, 6) is 0.621. The predicted molar refractivity (Wildman–Crippen MR) is 69.4 cm³/mol. The summed E-state index contributed by atoms with van der Waals surface area (Å²) in [4.78, 5) is 12.8. The fraction of sp³-hybridized carbons (Fsp3) is 0.500.